The van der Waals surface area contributed by atoms with Gasteiger partial charge in [-0.1, -0.05) is 23.2 Å². The fourth-order valence-electron chi connectivity index (χ4n) is 3.30. The Balaban J connectivity index is 1.64. The van der Waals surface area contributed by atoms with E-state index in [-0.39, 0.29) is 22.2 Å². The number of carbonyl (C=O) groups is 1. The number of rotatable bonds is 4. The van der Waals surface area contributed by atoms with Crippen LogP contribution in [0.4, 0.5) is 11.5 Å². The number of aromatic nitrogens is 3. The van der Waals surface area contributed by atoms with Crippen molar-refractivity contribution in [1.29, 1.82) is 0 Å². The third-order valence-corrected chi connectivity index (χ3v) is 7.08. The third kappa shape index (κ3) is 4.00. The van der Waals surface area contributed by atoms with Crippen molar-refractivity contribution in [2.45, 2.75) is 6.42 Å². The molecule has 0 spiro atoms. The molecule has 1 amide bonds. The highest BCUT2D eigenvalue weighted by atomic mass is 35.5. The van der Waals surface area contributed by atoms with Crippen molar-refractivity contribution in [3.63, 3.8) is 0 Å². The number of benzene rings is 1. The number of carbonyl (C=O) groups excluding carboxylic acids is 1. The number of pyridine rings is 1. The minimum absolute atomic E-state index is 0.0537. The van der Waals surface area contributed by atoms with Gasteiger partial charge in [-0.2, -0.15) is 5.10 Å². The second-order valence-corrected chi connectivity index (χ2v) is 9.64. The minimum Gasteiger partial charge on any atom is -0.322 e. The number of sulfonamides is 1. The second kappa shape index (κ2) is 7.90. The first-order valence-corrected chi connectivity index (χ1v) is 11.4. The number of amides is 1. The highest BCUT2D eigenvalue weighted by molar-refractivity contribution is 7.93. The number of aryl methyl sites for hydroxylation is 1. The van der Waals surface area contributed by atoms with E-state index in [4.69, 9.17) is 23.2 Å². The van der Waals surface area contributed by atoms with Crippen LogP contribution in [0.5, 0.6) is 0 Å². The molecule has 1 aromatic carbocycles. The van der Waals surface area contributed by atoms with E-state index in [2.05, 4.69) is 15.4 Å². The van der Waals surface area contributed by atoms with Gasteiger partial charge >= 0.3 is 0 Å². The maximum absolute atomic E-state index is 12.9. The summed E-state index contributed by atoms with van der Waals surface area (Å²) in [4.78, 5) is 17.0. The summed E-state index contributed by atoms with van der Waals surface area (Å²) in [6.45, 7) is 0.320. The van der Waals surface area contributed by atoms with E-state index in [0.29, 0.717) is 23.7 Å². The number of hydrogen-bond donors (Lipinski definition) is 1. The fraction of sp³-hybridized carbons (Fsp3) is 0.211. The Hall–Kier alpha value is -2.62. The van der Waals surface area contributed by atoms with Gasteiger partial charge < -0.3 is 5.32 Å². The van der Waals surface area contributed by atoms with Crippen molar-refractivity contribution < 1.29 is 13.2 Å². The quantitative estimate of drug-likeness (QED) is 0.634. The van der Waals surface area contributed by atoms with Gasteiger partial charge in [0.1, 0.15) is 5.82 Å². The largest absolute Gasteiger partial charge is 0.322 e. The van der Waals surface area contributed by atoms with Crippen LogP contribution in [0, 0.1) is 0 Å². The van der Waals surface area contributed by atoms with Crippen LogP contribution in [0.1, 0.15) is 16.8 Å². The number of nitrogens with one attached hydrogen (secondary N) is 1. The topological polar surface area (TPSA) is 97.2 Å². The van der Waals surface area contributed by atoms with Gasteiger partial charge in [0, 0.05) is 42.3 Å². The van der Waals surface area contributed by atoms with Crippen LogP contribution in [0.2, 0.25) is 10.0 Å². The summed E-state index contributed by atoms with van der Waals surface area (Å²) in [7, 11) is -1.62. The van der Waals surface area contributed by atoms with Crippen LogP contribution >= 0.6 is 23.2 Å². The van der Waals surface area contributed by atoms with E-state index in [1.807, 2.05) is 6.07 Å². The van der Waals surface area contributed by atoms with Crippen LogP contribution in [0.3, 0.4) is 0 Å². The SMILES string of the molecule is Cn1nccc1-c1cc(Cl)cc(NC(=O)c2cc(N3CCCS3(=O)=O)ncc2Cl)c1. The molecular formula is C19H17Cl2N5O3S. The Labute approximate surface area is 183 Å². The van der Waals surface area contributed by atoms with Crippen molar-refractivity contribution in [3.05, 3.63) is 58.3 Å². The highest BCUT2D eigenvalue weighted by Gasteiger charge is 2.30. The van der Waals surface area contributed by atoms with Crippen molar-refractivity contribution >= 4 is 50.6 Å². The zero-order valence-corrected chi connectivity index (χ0v) is 18.2. The smallest absolute Gasteiger partial charge is 0.257 e. The van der Waals surface area contributed by atoms with Crippen LogP contribution in [0.25, 0.3) is 11.3 Å². The molecule has 0 bridgehead atoms. The maximum atomic E-state index is 12.9. The minimum atomic E-state index is -3.42. The van der Waals surface area contributed by atoms with Crippen LogP contribution in [-0.4, -0.2) is 41.4 Å². The van der Waals surface area contributed by atoms with Gasteiger partial charge in [0.2, 0.25) is 10.0 Å². The van der Waals surface area contributed by atoms with Crippen molar-refractivity contribution in [1.82, 2.24) is 14.8 Å². The molecule has 1 N–H and O–H groups in total. The molecular weight excluding hydrogens is 449 g/mol. The first kappa shape index (κ1) is 20.6. The molecule has 3 aromatic rings. The molecule has 1 saturated heterocycles. The van der Waals surface area contributed by atoms with Crippen LogP contribution in [-0.2, 0) is 17.1 Å². The molecule has 30 heavy (non-hydrogen) atoms. The van der Waals surface area contributed by atoms with Gasteiger partial charge in [0.15, 0.2) is 0 Å². The van der Waals surface area contributed by atoms with E-state index < -0.39 is 15.9 Å². The highest BCUT2D eigenvalue weighted by Crippen LogP contribution is 2.29. The zero-order chi connectivity index (χ0) is 21.5. The molecule has 0 unspecified atom stereocenters. The van der Waals surface area contributed by atoms with Gasteiger partial charge in [0.05, 0.1) is 22.0 Å². The molecule has 156 valence electrons. The van der Waals surface area contributed by atoms with Gasteiger partial charge in [-0.05, 0) is 36.8 Å². The molecule has 0 aliphatic carbocycles. The Morgan fingerprint density at radius 3 is 2.67 bits per heavy atom. The Kier molecular flexibility index (Phi) is 5.44. The normalized spacial score (nSPS) is 15.4. The average Bonchev–Trinajstić information content (AvgIpc) is 3.26. The first-order chi connectivity index (χ1) is 14.2. The number of hydrogen-bond acceptors (Lipinski definition) is 5. The Bertz CT molecular complexity index is 1240. The molecule has 0 radical (unpaired) electrons. The molecule has 11 heteroatoms. The summed E-state index contributed by atoms with van der Waals surface area (Å²) in [5.41, 5.74) is 2.19. The molecule has 1 aliphatic heterocycles. The van der Waals surface area contributed by atoms with E-state index in [1.54, 1.807) is 36.1 Å². The van der Waals surface area contributed by atoms with Gasteiger partial charge in [0.25, 0.3) is 5.91 Å². The Morgan fingerprint density at radius 2 is 2.00 bits per heavy atom. The van der Waals surface area contributed by atoms with Crippen molar-refractivity contribution in [2.75, 3.05) is 21.9 Å². The monoisotopic (exact) mass is 465 g/mol. The first-order valence-electron chi connectivity index (χ1n) is 9.01. The lowest BCUT2D eigenvalue weighted by atomic mass is 10.1. The summed E-state index contributed by atoms with van der Waals surface area (Å²) in [6.07, 6.45) is 3.45. The summed E-state index contributed by atoms with van der Waals surface area (Å²) >= 11 is 12.4. The van der Waals surface area contributed by atoms with E-state index in [0.717, 1.165) is 11.3 Å². The number of anilines is 2. The standard InChI is InChI=1S/C19H17Cl2N5O3S/c1-25-17(3-4-23-25)12-7-13(20)9-14(8-12)24-19(27)15-10-18(22-11-16(15)21)26-5-2-6-30(26,28)29/h3-4,7-11H,2,5-6H2,1H3,(H,24,27). The molecule has 3 heterocycles. The lowest BCUT2D eigenvalue weighted by molar-refractivity contribution is 0.102. The molecule has 1 aliphatic rings. The van der Waals surface area contributed by atoms with Gasteiger partial charge in [-0.3, -0.25) is 13.8 Å². The summed E-state index contributed by atoms with van der Waals surface area (Å²) in [5.74, 6) is -0.278. The van der Waals surface area contributed by atoms with E-state index in [9.17, 15) is 13.2 Å². The van der Waals surface area contributed by atoms with Crippen molar-refractivity contribution in [2.24, 2.45) is 7.05 Å². The molecule has 1 fully saturated rings. The molecule has 0 saturated carbocycles. The third-order valence-electron chi connectivity index (χ3n) is 4.71. The van der Waals surface area contributed by atoms with Crippen molar-refractivity contribution in [3.8, 4) is 11.3 Å². The number of nitrogens with zero attached hydrogens (tertiary/aromatic N) is 4. The molecule has 8 nitrogen and oxygen atoms in total. The van der Waals surface area contributed by atoms with E-state index in [1.165, 1.54) is 16.6 Å². The summed E-state index contributed by atoms with van der Waals surface area (Å²) in [6, 6.07) is 8.36. The maximum Gasteiger partial charge on any atom is 0.257 e. The average molecular weight is 466 g/mol. The summed E-state index contributed by atoms with van der Waals surface area (Å²) in [5, 5.41) is 7.46. The molecule has 2 aromatic heterocycles. The summed E-state index contributed by atoms with van der Waals surface area (Å²) < 4.78 is 27.2. The van der Waals surface area contributed by atoms with Gasteiger partial charge in [-0.25, -0.2) is 13.4 Å². The van der Waals surface area contributed by atoms with Crippen LogP contribution in [0.15, 0.2) is 42.7 Å². The fourth-order valence-corrected chi connectivity index (χ4v) is 5.23. The predicted molar refractivity (Wildman–Crippen MR) is 117 cm³/mol. The van der Waals surface area contributed by atoms with Gasteiger partial charge in [-0.15, -0.1) is 0 Å². The molecule has 0 atom stereocenters. The zero-order valence-electron chi connectivity index (χ0n) is 15.8. The lowest BCUT2D eigenvalue weighted by Crippen LogP contribution is -2.26. The van der Waals surface area contributed by atoms with Crippen LogP contribution < -0.4 is 9.62 Å². The predicted octanol–water partition coefficient (Wildman–Crippen LogP) is 3.58. The second-order valence-electron chi connectivity index (χ2n) is 6.79. The number of halogens is 2. The Morgan fingerprint density at radius 1 is 1.20 bits per heavy atom. The lowest BCUT2D eigenvalue weighted by Gasteiger charge is -2.17. The van der Waals surface area contributed by atoms with E-state index >= 15 is 0 Å². The molecule has 4 rings (SSSR count).